The minimum Gasteiger partial charge on any atom is -0.383 e. The molecular formula is C16H23N3. The molecule has 0 saturated heterocycles. The number of anilines is 1. The van der Waals surface area contributed by atoms with E-state index in [1.807, 2.05) is 6.07 Å². The lowest BCUT2D eigenvalue weighted by Crippen LogP contribution is -2.54. The molecule has 3 heteroatoms. The van der Waals surface area contributed by atoms with Crippen LogP contribution in [0.4, 0.5) is 5.82 Å². The zero-order valence-corrected chi connectivity index (χ0v) is 11.4. The first-order chi connectivity index (χ1) is 9.29. The number of nitrogens with one attached hydrogen (secondary N) is 1. The number of pyridine rings is 1. The Balaban J connectivity index is 1.45. The van der Waals surface area contributed by atoms with E-state index in [2.05, 4.69) is 16.4 Å². The maximum atomic E-state index is 5.93. The maximum Gasteiger partial charge on any atom is 0.127 e. The van der Waals surface area contributed by atoms with Crippen LogP contribution in [0.5, 0.6) is 0 Å². The van der Waals surface area contributed by atoms with Crippen LogP contribution in [0.15, 0.2) is 18.3 Å². The lowest BCUT2D eigenvalue weighted by atomic mass is 9.54. The Morgan fingerprint density at radius 1 is 1.11 bits per heavy atom. The standard InChI is InChI=1S/C16H23N3/c17-16-12(2-1-3-18-16)9-19-15-13-5-10-4-11(7-13)8-14(15)6-10/h1-3,10-11,13-15,19H,4-9H2,(H2,17,18). The molecule has 5 rings (SSSR count). The van der Waals surface area contributed by atoms with Gasteiger partial charge in [-0.2, -0.15) is 0 Å². The molecule has 19 heavy (non-hydrogen) atoms. The summed E-state index contributed by atoms with van der Waals surface area (Å²) in [5, 5.41) is 3.80. The van der Waals surface area contributed by atoms with Gasteiger partial charge in [-0.05, 0) is 61.8 Å². The number of rotatable bonds is 3. The second kappa shape index (κ2) is 4.48. The maximum absolute atomic E-state index is 5.93. The summed E-state index contributed by atoms with van der Waals surface area (Å²) in [6, 6.07) is 4.79. The van der Waals surface area contributed by atoms with E-state index in [9.17, 15) is 0 Å². The molecule has 4 bridgehead atoms. The van der Waals surface area contributed by atoms with Gasteiger partial charge >= 0.3 is 0 Å². The van der Waals surface area contributed by atoms with Crippen molar-refractivity contribution in [2.24, 2.45) is 23.7 Å². The summed E-state index contributed by atoms with van der Waals surface area (Å²) in [6.45, 7) is 0.882. The van der Waals surface area contributed by atoms with Gasteiger partial charge in [-0.15, -0.1) is 0 Å². The Bertz CT molecular complexity index is 443. The highest BCUT2D eigenvalue weighted by atomic mass is 15.0. The van der Waals surface area contributed by atoms with Crippen LogP contribution in [0.2, 0.25) is 0 Å². The molecule has 3 nitrogen and oxygen atoms in total. The van der Waals surface area contributed by atoms with Crippen molar-refractivity contribution in [1.29, 1.82) is 0 Å². The fraction of sp³-hybridized carbons (Fsp3) is 0.688. The van der Waals surface area contributed by atoms with Gasteiger partial charge in [0.15, 0.2) is 0 Å². The zero-order chi connectivity index (χ0) is 12.8. The highest BCUT2D eigenvalue weighted by Gasteiger charge is 2.47. The lowest BCUT2D eigenvalue weighted by Gasteiger charge is -2.54. The van der Waals surface area contributed by atoms with Gasteiger partial charge in [0.25, 0.3) is 0 Å². The van der Waals surface area contributed by atoms with Gasteiger partial charge in [0.05, 0.1) is 0 Å². The molecule has 0 radical (unpaired) electrons. The van der Waals surface area contributed by atoms with Crippen LogP contribution >= 0.6 is 0 Å². The molecule has 0 aliphatic heterocycles. The van der Waals surface area contributed by atoms with E-state index >= 15 is 0 Å². The predicted octanol–water partition coefficient (Wildman–Crippen LogP) is 2.58. The van der Waals surface area contributed by atoms with Crippen molar-refractivity contribution in [2.45, 2.75) is 44.7 Å². The van der Waals surface area contributed by atoms with E-state index in [4.69, 9.17) is 5.73 Å². The summed E-state index contributed by atoms with van der Waals surface area (Å²) < 4.78 is 0. The predicted molar refractivity (Wildman–Crippen MR) is 76.3 cm³/mol. The third kappa shape index (κ3) is 2.04. The molecule has 4 aliphatic carbocycles. The lowest BCUT2D eigenvalue weighted by molar-refractivity contribution is -0.0142. The summed E-state index contributed by atoms with van der Waals surface area (Å²) in [6.07, 6.45) is 9.15. The number of nitrogen functional groups attached to an aromatic ring is 1. The first kappa shape index (κ1) is 11.7. The molecule has 0 spiro atoms. The van der Waals surface area contributed by atoms with E-state index in [0.717, 1.165) is 41.8 Å². The van der Waals surface area contributed by atoms with Crippen LogP contribution in [0.1, 0.15) is 37.7 Å². The van der Waals surface area contributed by atoms with Crippen LogP contribution in [0.3, 0.4) is 0 Å². The quantitative estimate of drug-likeness (QED) is 0.875. The Labute approximate surface area is 115 Å². The van der Waals surface area contributed by atoms with Gasteiger partial charge < -0.3 is 11.1 Å². The summed E-state index contributed by atoms with van der Waals surface area (Å²) >= 11 is 0. The van der Waals surface area contributed by atoms with Gasteiger partial charge in [0.1, 0.15) is 5.82 Å². The van der Waals surface area contributed by atoms with Crippen LogP contribution < -0.4 is 11.1 Å². The molecule has 1 aromatic heterocycles. The van der Waals surface area contributed by atoms with Crippen LogP contribution in [0.25, 0.3) is 0 Å². The molecule has 102 valence electrons. The van der Waals surface area contributed by atoms with Crippen molar-refractivity contribution in [3.63, 3.8) is 0 Å². The third-order valence-corrected chi connectivity index (χ3v) is 5.68. The minimum absolute atomic E-state index is 0.679. The second-order valence-electron chi connectivity index (χ2n) is 6.89. The van der Waals surface area contributed by atoms with E-state index in [1.165, 1.54) is 32.1 Å². The first-order valence-electron chi connectivity index (χ1n) is 7.72. The fourth-order valence-corrected chi connectivity index (χ4v) is 5.09. The Hall–Kier alpha value is -1.09. The average molecular weight is 257 g/mol. The molecule has 0 amide bonds. The first-order valence-corrected chi connectivity index (χ1v) is 7.72. The SMILES string of the molecule is Nc1ncccc1CNC1C2CC3CC(C2)CC1C3. The largest absolute Gasteiger partial charge is 0.383 e. The van der Waals surface area contributed by atoms with Gasteiger partial charge in [-0.25, -0.2) is 4.98 Å². The van der Waals surface area contributed by atoms with Crippen LogP contribution in [0, 0.1) is 23.7 Å². The molecular weight excluding hydrogens is 234 g/mol. The molecule has 4 saturated carbocycles. The summed E-state index contributed by atoms with van der Waals surface area (Å²) in [5.41, 5.74) is 7.08. The Morgan fingerprint density at radius 2 is 1.79 bits per heavy atom. The summed E-state index contributed by atoms with van der Waals surface area (Å²) in [5.74, 6) is 4.62. The highest BCUT2D eigenvalue weighted by molar-refractivity contribution is 5.38. The van der Waals surface area contributed by atoms with Gasteiger partial charge in [0, 0.05) is 24.3 Å². The molecule has 1 aromatic rings. The van der Waals surface area contributed by atoms with Crippen molar-refractivity contribution in [1.82, 2.24) is 10.3 Å². The minimum atomic E-state index is 0.679. The fourth-order valence-electron chi connectivity index (χ4n) is 5.09. The summed E-state index contributed by atoms with van der Waals surface area (Å²) in [4.78, 5) is 4.17. The number of nitrogens with zero attached hydrogens (tertiary/aromatic N) is 1. The number of aromatic nitrogens is 1. The summed E-state index contributed by atoms with van der Waals surface area (Å²) in [7, 11) is 0. The molecule has 0 unspecified atom stereocenters. The highest BCUT2D eigenvalue weighted by Crippen LogP contribution is 2.53. The van der Waals surface area contributed by atoms with E-state index in [1.54, 1.807) is 6.20 Å². The van der Waals surface area contributed by atoms with Crippen molar-refractivity contribution >= 4 is 5.82 Å². The van der Waals surface area contributed by atoms with Gasteiger partial charge in [0.2, 0.25) is 0 Å². The van der Waals surface area contributed by atoms with Gasteiger partial charge in [-0.1, -0.05) is 6.07 Å². The third-order valence-electron chi connectivity index (χ3n) is 5.68. The number of nitrogens with two attached hydrogens (primary N) is 1. The average Bonchev–Trinajstić information content (AvgIpc) is 2.39. The van der Waals surface area contributed by atoms with Crippen molar-refractivity contribution < 1.29 is 0 Å². The van der Waals surface area contributed by atoms with Crippen LogP contribution in [-0.4, -0.2) is 11.0 Å². The topological polar surface area (TPSA) is 50.9 Å². The smallest absolute Gasteiger partial charge is 0.127 e. The Kier molecular flexibility index (Phi) is 2.76. The van der Waals surface area contributed by atoms with Crippen molar-refractivity contribution in [2.75, 3.05) is 5.73 Å². The van der Waals surface area contributed by atoms with E-state index < -0.39 is 0 Å². The Morgan fingerprint density at radius 3 is 2.42 bits per heavy atom. The second-order valence-corrected chi connectivity index (χ2v) is 6.89. The number of hydrogen-bond donors (Lipinski definition) is 2. The van der Waals surface area contributed by atoms with E-state index in [-0.39, 0.29) is 0 Å². The van der Waals surface area contributed by atoms with Gasteiger partial charge in [-0.3, -0.25) is 0 Å². The zero-order valence-electron chi connectivity index (χ0n) is 11.4. The molecule has 4 aliphatic rings. The van der Waals surface area contributed by atoms with E-state index in [0.29, 0.717) is 5.82 Å². The van der Waals surface area contributed by atoms with Crippen LogP contribution in [-0.2, 0) is 6.54 Å². The molecule has 0 atom stereocenters. The molecule has 4 fully saturated rings. The normalized spacial score (nSPS) is 39.7. The molecule has 1 heterocycles. The number of hydrogen-bond acceptors (Lipinski definition) is 3. The molecule has 3 N–H and O–H groups in total. The molecule has 0 aromatic carbocycles. The monoisotopic (exact) mass is 257 g/mol. The van der Waals surface area contributed by atoms with Crippen molar-refractivity contribution in [3.05, 3.63) is 23.9 Å². The van der Waals surface area contributed by atoms with Crippen molar-refractivity contribution in [3.8, 4) is 0 Å².